The van der Waals surface area contributed by atoms with Gasteiger partial charge < -0.3 is 25.3 Å². The average Bonchev–Trinajstić information content (AvgIpc) is 3.15. The SMILES string of the molecule is CN=C(NCCCc1c[nH]c2ccccc12)NC1CCN(CCCOC)CC1. The number of nitrogens with one attached hydrogen (secondary N) is 3. The maximum absolute atomic E-state index is 5.15. The first-order chi connectivity index (χ1) is 13.8. The number of aromatic nitrogens is 1. The van der Waals surface area contributed by atoms with Crippen molar-refractivity contribution >= 4 is 16.9 Å². The lowest BCUT2D eigenvalue weighted by atomic mass is 10.1. The molecular weight excluding hydrogens is 350 g/mol. The molecule has 154 valence electrons. The summed E-state index contributed by atoms with van der Waals surface area (Å²) in [5, 5.41) is 8.41. The zero-order valence-corrected chi connectivity index (χ0v) is 17.3. The number of guanidine groups is 1. The molecule has 0 unspecified atom stereocenters. The molecular formula is C22H35N5O. The van der Waals surface area contributed by atoms with Crippen molar-refractivity contribution in [2.45, 2.75) is 38.1 Å². The highest BCUT2D eigenvalue weighted by Gasteiger charge is 2.19. The van der Waals surface area contributed by atoms with Gasteiger partial charge in [0.25, 0.3) is 0 Å². The second kappa shape index (κ2) is 11.1. The van der Waals surface area contributed by atoms with E-state index in [9.17, 15) is 0 Å². The monoisotopic (exact) mass is 385 g/mol. The minimum atomic E-state index is 0.512. The fourth-order valence-corrected chi connectivity index (χ4v) is 3.95. The highest BCUT2D eigenvalue weighted by Crippen LogP contribution is 2.18. The number of benzene rings is 1. The lowest BCUT2D eigenvalue weighted by molar-refractivity contribution is 0.155. The van der Waals surface area contributed by atoms with Gasteiger partial charge in [0, 0.05) is 70.1 Å². The Morgan fingerprint density at radius 2 is 2.07 bits per heavy atom. The van der Waals surface area contributed by atoms with E-state index in [-0.39, 0.29) is 0 Å². The summed E-state index contributed by atoms with van der Waals surface area (Å²) in [6, 6.07) is 9.01. The third-order valence-electron chi connectivity index (χ3n) is 5.57. The topological polar surface area (TPSA) is 64.7 Å². The fourth-order valence-electron chi connectivity index (χ4n) is 3.95. The van der Waals surface area contributed by atoms with Crippen LogP contribution in [0.2, 0.25) is 0 Å². The van der Waals surface area contributed by atoms with Crippen molar-refractivity contribution in [3.05, 3.63) is 36.0 Å². The summed E-state index contributed by atoms with van der Waals surface area (Å²) >= 11 is 0. The predicted molar refractivity (Wildman–Crippen MR) is 117 cm³/mol. The van der Waals surface area contributed by atoms with Crippen LogP contribution in [0.15, 0.2) is 35.5 Å². The quantitative estimate of drug-likeness (QED) is 0.353. The van der Waals surface area contributed by atoms with Crippen molar-refractivity contribution in [3.8, 4) is 0 Å². The third kappa shape index (κ3) is 5.97. The van der Waals surface area contributed by atoms with Gasteiger partial charge in [0.1, 0.15) is 0 Å². The summed E-state index contributed by atoms with van der Waals surface area (Å²) in [6.45, 7) is 5.22. The van der Waals surface area contributed by atoms with Crippen LogP contribution >= 0.6 is 0 Å². The van der Waals surface area contributed by atoms with Crippen LogP contribution in [0.3, 0.4) is 0 Å². The van der Waals surface area contributed by atoms with Gasteiger partial charge in [-0.1, -0.05) is 18.2 Å². The molecule has 28 heavy (non-hydrogen) atoms. The smallest absolute Gasteiger partial charge is 0.191 e. The first-order valence-electron chi connectivity index (χ1n) is 10.5. The molecule has 1 fully saturated rings. The number of piperidine rings is 1. The van der Waals surface area contributed by atoms with Gasteiger partial charge in [0.15, 0.2) is 5.96 Å². The molecule has 2 heterocycles. The van der Waals surface area contributed by atoms with Crippen molar-refractivity contribution in [2.24, 2.45) is 4.99 Å². The Kier molecular flexibility index (Phi) is 8.18. The summed E-state index contributed by atoms with van der Waals surface area (Å²) in [5.41, 5.74) is 2.61. The highest BCUT2D eigenvalue weighted by molar-refractivity contribution is 5.83. The van der Waals surface area contributed by atoms with Crippen LogP contribution in [-0.2, 0) is 11.2 Å². The third-order valence-corrected chi connectivity index (χ3v) is 5.57. The van der Waals surface area contributed by atoms with Gasteiger partial charge in [-0.25, -0.2) is 0 Å². The number of likely N-dealkylation sites (tertiary alicyclic amines) is 1. The van der Waals surface area contributed by atoms with Crippen molar-refractivity contribution < 1.29 is 4.74 Å². The molecule has 1 aliphatic heterocycles. The van der Waals surface area contributed by atoms with Crippen LogP contribution in [0.1, 0.15) is 31.2 Å². The number of hydrogen-bond acceptors (Lipinski definition) is 3. The Balaban J connectivity index is 1.34. The molecule has 1 saturated heterocycles. The number of aryl methyl sites for hydroxylation is 1. The van der Waals surface area contributed by atoms with Crippen molar-refractivity contribution in [2.75, 3.05) is 46.9 Å². The fraction of sp³-hybridized carbons (Fsp3) is 0.591. The van der Waals surface area contributed by atoms with Crippen LogP contribution in [0.25, 0.3) is 10.9 Å². The number of para-hydroxylation sites is 1. The average molecular weight is 386 g/mol. The number of fused-ring (bicyclic) bond motifs is 1. The number of methoxy groups -OCH3 is 1. The van der Waals surface area contributed by atoms with Gasteiger partial charge in [-0.3, -0.25) is 4.99 Å². The summed E-state index contributed by atoms with van der Waals surface area (Å²) in [7, 11) is 3.63. The number of nitrogens with zero attached hydrogens (tertiary/aromatic N) is 2. The summed E-state index contributed by atoms with van der Waals surface area (Å²) in [5.74, 6) is 0.928. The summed E-state index contributed by atoms with van der Waals surface area (Å²) in [6.07, 6.45) is 7.74. The van der Waals surface area contributed by atoms with Gasteiger partial charge in [-0.15, -0.1) is 0 Å². The number of aliphatic imine (C=N–C) groups is 1. The lowest BCUT2D eigenvalue weighted by Crippen LogP contribution is -2.49. The van der Waals surface area contributed by atoms with Gasteiger partial charge in [0.2, 0.25) is 0 Å². The maximum atomic E-state index is 5.15. The van der Waals surface area contributed by atoms with Crippen molar-refractivity contribution in [1.29, 1.82) is 0 Å². The van der Waals surface area contributed by atoms with Crippen molar-refractivity contribution in [3.63, 3.8) is 0 Å². The van der Waals surface area contributed by atoms with Gasteiger partial charge in [-0.05, 0) is 43.7 Å². The van der Waals surface area contributed by atoms with Crippen LogP contribution < -0.4 is 10.6 Å². The van der Waals surface area contributed by atoms with E-state index in [1.165, 1.54) is 29.3 Å². The number of H-pyrrole nitrogens is 1. The molecule has 1 aliphatic rings. The molecule has 0 spiro atoms. The predicted octanol–water partition coefficient (Wildman–Crippen LogP) is 2.77. The van der Waals surface area contributed by atoms with Crippen LogP contribution in [0.4, 0.5) is 0 Å². The van der Waals surface area contributed by atoms with Crippen LogP contribution in [0, 0.1) is 0 Å². The minimum Gasteiger partial charge on any atom is -0.385 e. The van der Waals surface area contributed by atoms with E-state index in [0.29, 0.717) is 6.04 Å². The molecule has 1 aromatic carbocycles. The zero-order chi connectivity index (χ0) is 19.6. The molecule has 6 heteroatoms. The lowest BCUT2D eigenvalue weighted by Gasteiger charge is -2.33. The standard InChI is InChI=1S/C22H35N5O/c1-23-22(26-19-10-14-27(15-11-19)13-6-16-28-2)24-12-5-7-18-17-25-21-9-4-3-8-20(18)21/h3-4,8-9,17,19,25H,5-7,10-16H2,1-2H3,(H2,23,24,26). The molecule has 0 saturated carbocycles. The summed E-state index contributed by atoms with van der Waals surface area (Å²) in [4.78, 5) is 10.3. The molecule has 3 rings (SSSR count). The van der Waals surface area contributed by atoms with E-state index >= 15 is 0 Å². The highest BCUT2D eigenvalue weighted by atomic mass is 16.5. The Labute approximate surface area is 168 Å². The molecule has 0 bridgehead atoms. The summed E-state index contributed by atoms with van der Waals surface area (Å²) < 4.78 is 5.15. The van der Waals surface area contributed by atoms with Crippen molar-refractivity contribution in [1.82, 2.24) is 20.5 Å². The Bertz CT molecular complexity index is 733. The minimum absolute atomic E-state index is 0.512. The van der Waals surface area contributed by atoms with Crippen LogP contribution in [0.5, 0.6) is 0 Å². The zero-order valence-electron chi connectivity index (χ0n) is 17.3. The number of ether oxygens (including phenoxy) is 1. The van der Waals surface area contributed by atoms with Gasteiger partial charge in [-0.2, -0.15) is 0 Å². The molecule has 0 radical (unpaired) electrons. The molecule has 6 nitrogen and oxygen atoms in total. The number of aromatic amines is 1. The maximum Gasteiger partial charge on any atom is 0.191 e. The van der Waals surface area contributed by atoms with E-state index in [4.69, 9.17) is 4.74 Å². The Morgan fingerprint density at radius 3 is 2.86 bits per heavy atom. The number of hydrogen-bond donors (Lipinski definition) is 3. The first-order valence-corrected chi connectivity index (χ1v) is 10.5. The van der Waals surface area contributed by atoms with E-state index in [0.717, 1.165) is 58.0 Å². The molecule has 2 aromatic rings. The van der Waals surface area contributed by atoms with Gasteiger partial charge in [0.05, 0.1) is 0 Å². The normalized spacial score (nSPS) is 16.6. The number of rotatable bonds is 9. The molecule has 0 aliphatic carbocycles. The molecule has 0 amide bonds. The molecule has 3 N–H and O–H groups in total. The van der Waals surface area contributed by atoms with E-state index in [1.807, 2.05) is 7.05 Å². The molecule has 1 aromatic heterocycles. The van der Waals surface area contributed by atoms with E-state index in [1.54, 1.807) is 7.11 Å². The van der Waals surface area contributed by atoms with Gasteiger partial charge >= 0.3 is 0 Å². The van der Waals surface area contributed by atoms with E-state index in [2.05, 4.69) is 56.0 Å². The largest absolute Gasteiger partial charge is 0.385 e. The van der Waals surface area contributed by atoms with Crippen LogP contribution in [-0.4, -0.2) is 68.8 Å². The Hall–Kier alpha value is -2.05. The second-order valence-corrected chi connectivity index (χ2v) is 7.57. The first kappa shape index (κ1) is 20.7. The van der Waals surface area contributed by atoms with E-state index < -0.39 is 0 Å². The second-order valence-electron chi connectivity index (χ2n) is 7.57. The molecule has 0 atom stereocenters. The Morgan fingerprint density at radius 1 is 1.25 bits per heavy atom.